The lowest BCUT2D eigenvalue weighted by Crippen LogP contribution is -2.01. The minimum absolute atomic E-state index is 0.0800. The second-order valence-electron chi connectivity index (χ2n) is 2.56. The Morgan fingerprint density at radius 1 is 1.64 bits per heavy atom. The molecule has 0 aliphatic carbocycles. The monoisotopic (exact) mass is 278 g/mol. The number of methoxy groups -OCH3 is 1. The smallest absolute Gasteiger partial charge is 0.175 e. The molecular weight excluding hydrogens is 271 g/mol. The molecule has 0 saturated heterocycles. The number of ether oxygens (including phenoxy) is 1. The third kappa shape index (κ3) is 2.19. The average molecular weight is 280 g/mol. The van der Waals surface area contributed by atoms with Crippen molar-refractivity contribution in [1.29, 1.82) is 0 Å². The van der Waals surface area contributed by atoms with E-state index < -0.39 is 0 Å². The van der Waals surface area contributed by atoms with Gasteiger partial charge in [0.15, 0.2) is 17.3 Å². The normalized spacial score (nSPS) is 9.93. The summed E-state index contributed by atoms with van der Waals surface area (Å²) in [5.74, 6) is -0.00405. The van der Waals surface area contributed by atoms with Crippen LogP contribution in [0.15, 0.2) is 12.1 Å². The van der Waals surface area contributed by atoms with E-state index in [-0.39, 0.29) is 27.6 Å². The Morgan fingerprint density at radius 3 is 2.79 bits per heavy atom. The van der Waals surface area contributed by atoms with Gasteiger partial charge in [-0.1, -0.05) is 27.5 Å². The van der Waals surface area contributed by atoms with Crippen LogP contribution in [0.25, 0.3) is 0 Å². The van der Waals surface area contributed by atoms with Gasteiger partial charge in [-0.05, 0) is 6.07 Å². The Morgan fingerprint density at radius 2 is 2.29 bits per heavy atom. The van der Waals surface area contributed by atoms with Crippen LogP contribution in [0, 0.1) is 0 Å². The van der Waals surface area contributed by atoms with Gasteiger partial charge < -0.3 is 9.84 Å². The SMILES string of the molecule is COc1cc(C(=O)CBr)c(Cl)cc1O. The highest BCUT2D eigenvalue weighted by atomic mass is 79.9. The number of aromatic hydroxyl groups is 1. The molecule has 1 aromatic rings. The fourth-order valence-corrected chi connectivity index (χ4v) is 1.56. The second-order valence-corrected chi connectivity index (χ2v) is 3.53. The molecule has 0 aromatic heterocycles. The summed E-state index contributed by atoms with van der Waals surface area (Å²) in [6.45, 7) is 0. The van der Waals surface area contributed by atoms with Crippen LogP contribution in [-0.2, 0) is 0 Å². The van der Waals surface area contributed by atoms with Gasteiger partial charge in [0, 0.05) is 11.6 Å². The van der Waals surface area contributed by atoms with Crippen molar-refractivity contribution < 1.29 is 14.6 Å². The van der Waals surface area contributed by atoms with Crippen molar-refractivity contribution in [1.82, 2.24) is 0 Å². The summed E-state index contributed by atoms with van der Waals surface area (Å²) >= 11 is 8.81. The number of rotatable bonds is 3. The molecule has 0 aliphatic heterocycles. The van der Waals surface area contributed by atoms with Crippen LogP contribution in [-0.4, -0.2) is 23.3 Å². The first kappa shape index (κ1) is 11.3. The van der Waals surface area contributed by atoms with Gasteiger partial charge in [-0.15, -0.1) is 0 Å². The molecule has 0 atom stereocenters. The topological polar surface area (TPSA) is 46.5 Å². The van der Waals surface area contributed by atoms with Gasteiger partial charge in [-0.3, -0.25) is 4.79 Å². The Hall–Kier alpha value is -0.740. The second kappa shape index (κ2) is 4.66. The number of phenols is 1. The van der Waals surface area contributed by atoms with Gasteiger partial charge >= 0.3 is 0 Å². The van der Waals surface area contributed by atoms with Crippen LogP contribution in [0.3, 0.4) is 0 Å². The molecule has 0 radical (unpaired) electrons. The maximum absolute atomic E-state index is 11.3. The highest BCUT2D eigenvalue weighted by molar-refractivity contribution is 9.09. The minimum atomic E-state index is -0.159. The average Bonchev–Trinajstić information content (AvgIpc) is 2.17. The lowest BCUT2D eigenvalue weighted by atomic mass is 10.1. The summed E-state index contributed by atoms with van der Waals surface area (Å²) in [5, 5.41) is 9.73. The number of alkyl halides is 1. The summed E-state index contributed by atoms with van der Waals surface area (Å²) in [7, 11) is 1.41. The fourth-order valence-electron chi connectivity index (χ4n) is 0.992. The molecule has 0 aliphatic rings. The summed E-state index contributed by atoms with van der Waals surface area (Å²) in [4.78, 5) is 11.3. The number of carbonyl (C=O) groups excluding carboxylic acids is 1. The molecule has 0 bridgehead atoms. The number of hydrogen-bond acceptors (Lipinski definition) is 3. The van der Waals surface area contributed by atoms with Gasteiger partial charge in [0.2, 0.25) is 0 Å². The van der Waals surface area contributed by atoms with Gasteiger partial charge in [0.05, 0.1) is 17.5 Å². The lowest BCUT2D eigenvalue weighted by molar-refractivity contribution is 0.102. The predicted octanol–water partition coefficient (Wildman–Crippen LogP) is 2.63. The van der Waals surface area contributed by atoms with E-state index >= 15 is 0 Å². The zero-order chi connectivity index (χ0) is 10.7. The van der Waals surface area contributed by atoms with E-state index in [9.17, 15) is 9.90 Å². The first-order chi connectivity index (χ1) is 6.60. The highest BCUT2D eigenvalue weighted by Gasteiger charge is 2.13. The summed E-state index contributed by atoms with van der Waals surface area (Å²) in [6, 6.07) is 2.71. The number of ketones is 1. The zero-order valence-electron chi connectivity index (χ0n) is 7.38. The third-order valence-electron chi connectivity index (χ3n) is 1.69. The molecular formula is C9H8BrClO3. The molecule has 0 unspecified atom stereocenters. The first-order valence-electron chi connectivity index (χ1n) is 3.75. The van der Waals surface area contributed by atoms with Gasteiger partial charge in [0.1, 0.15) is 0 Å². The van der Waals surface area contributed by atoms with E-state index in [1.165, 1.54) is 19.2 Å². The van der Waals surface area contributed by atoms with Crippen molar-refractivity contribution >= 4 is 33.3 Å². The maximum Gasteiger partial charge on any atom is 0.175 e. The Kier molecular flexibility index (Phi) is 3.77. The number of halogens is 2. The van der Waals surface area contributed by atoms with Crippen LogP contribution in [0.2, 0.25) is 5.02 Å². The molecule has 1 rings (SSSR count). The molecule has 0 amide bonds. The predicted molar refractivity (Wildman–Crippen MR) is 57.8 cm³/mol. The molecule has 0 saturated carbocycles. The Bertz CT molecular complexity index is 365. The quantitative estimate of drug-likeness (QED) is 0.683. The van der Waals surface area contributed by atoms with Gasteiger partial charge in [-0.2, -0.15) is 0 Å². The molecule has 0 spiro atoms. The summed E-state index contributed by atoms with van der Waals surface area (Å²) in [6.07, 6.45) is 0. The van der Waals surface area contributed by atoms with Crippen molar-refractivity contribution in [2.75, 3.05) is 12.4 Å². The van der Waals surface area contributed by atoms with E-state index in [0.29, 0.717) is 5.56 Å². The standard InChI is InChI=1S/C9H8BrClO3/c1-14-9-2-5(8(13)4-10)6(11)3-7(9)12/h2-3,12H,4H2,1H3. The molecule has 0 fully saturated rings. The van der Waals surface area contributed by atoms with Gasteiger partial charge in [0.25, 0.3) is 0 Å². The number of hydrogen-bond donors (Lipinski definition) is 1. The molecule has 14 heavy (non-hydrogen) atoms. The van der Waals surface area contributed by atoms with Crippen molar-refractivity contribution in [3.05, 3.63) is 22.7 Å². The van der Waals surface area contributed by atoms with Crippen LogP contribution in [0.4, 0.5) is 0 Å². The van der Waals surface area contributed by atoms with E-state index in [4.69, 9.17) is 16.3 Å². The van der Waals surface area contributed by atoms with E-state index in [2.05, 4.69) is 15.9 Å². The first-order valence-corrected chi connectivity index (χ1v) is 5.25. The molecule has 3 nitrogen and oxygen atoms in total. The van der Waals surface area contributed by atoms with E-state index in [1.807, 2.05) is 0 Å². The Balaban J connectivity index is 3.24. The van der Waals surface area contributed by atoms with Crippen LogP contribution in [0.5, 0.6) is 11.5 Å². The molecule has 76 valence electrons. The van der Waals surface area contributed by atoms with Crippen LogP contribution < -0.4 is 4.74 Å². The Labute approximate surface area is 94.8 Å². The maximum atomic E-state index is 11.3. The molecule has 1 aromatic carbocycles. The van der Waals surface area contributed by atoms with Crippen molar-refractivity contribution in [3.8, 4) is 11.5 Å². The van der Waals surface area contributed by atoms with E-state index in [1.54, 1.807) is 0 Å². The molecule has 0 heterocycles. The zero-order valence-corrected chi connectivity index (χ0v) is 9.72. The largest absolute Gasteiger partial charge is 0.504 e. The fraction of sp³-hybridized carbons (Fsp3) is 0.222. The number of Topliss-reactive ketones (excluding diaryl/α,β-unsaturated/α-hetero) is 1. The number of phenolic OH excluding ortho intramolecular Hbond substituents is 1. The van der Waals surface area contributed by atoms with E-state index in [0.717, 1.165) is 0 Å². The molecule has 5 heteroatoms. The molecule has 1 N–H and O–H groups in total. The van der Waals surface area contributed by atoms with Crippen LogP contribution in [0.1, 0.15) is 10.4 Å². The number of benzene rings is 1. The lowest BCUT2D eigenvalue weighted by Gasteiger charge is -2.07. The van der Waals surface area contributed by atoms with Crippen molar-refractivity contribution in [2.24, 2.45) is 0 Å². The summed E-state index contributed by atoms with van der Waals surface area (Å²) < 4.78 is 4.86. The number of carbonyl (C=O) groups is 1. The van der Waals surface area contributed by atoms with Crippen molar-refractivity contribution in [3.63, 3.8) is 0 Å². The van der Waals surface area contributed by atoms with Crippen molar-refractivity contribution in [2.45, 2.75) is 0 Å². The highest BCUT2D eigenvalue weighted by Crippen LogP contribution is 2.32. The van der Waals surface area contributed by atoms with Crippen LogP contribution >= 0.6 is 27.5 Å². The summed E-state index contributed by atoms with van der Waals surface area (Å²) in [5.41, 5.74) is 0.332. The third-order valence-corrected chi connectivity index (χ3v) is 2.51. The minimum Gasteiger partial charge on any atom is -0.504 e. The van der Waals surface area contributed by atoms with Gasteiger partial charge in [-0.25, -0.2) is 0 Å².